The smallest absolute Gasteiger partial charge is 0.408 e. The Kier molecular flexibility index (Phi) is 13.4. The quantitative estimate of drug-likeness (QED) is 0.270. The van der Waals surface area contributed by atoms with Crippen molar-refractivity contribution in [1.29, 1.82) is 0 Å². The van der Waals surface area contributed by atoms with Crippen LogP contribution in [-0.4, -0.2) is 63.9 Å². The van der Waals surface area contributed by atoms with Crippen LogP contribution in [0.3, 0.4) is 0 Å². The molecule has 0 saturated carbocycles. The number of phenols is 1. The molecule has 0 aromatic heterocycles. The predicted molar refractivity (Wildman–Crippen MR) is 144 cm³/mol. The number of unbranched alkanes of at least 4 members (excludes halogenated alkanes) is 3. The van der Waals surface area contributed by atoms with Crippen LogP contribution in [0.1, 0.15) is 97.2 Å². The molecule has 3 unspecified atom stereocenters. The first-order chi connectivity index (χ1) is 17.3. The minimum atomic E-state index is -1.29. The summed E-state index contributed by atoms with van der Waals surface area (Å²) in [6, 6.07) is 2.40. The molecular formula is C28H47N3O6. The summed E-state index contributed by atoms with van der Waals surface area (Å²) < 4.78 is 5.28. The zero-order valence-electron chi connectivity index (χ0n) is 23.6. The molecule has 0 saturated heterocycles. The lowest BCUT2D eigenvalue weighted by atomic mass is 9.99. The van der Waals surface area contributed by atoms with Gasteiger partial charge in [0.05, 0.1) is 6.61 Å². The highest BCUT2D eigenvalue weighted by Gasteiger charge is 2.36. The van der Waals surface area contributed by atoms with Gasteiger partial charge in [-0.1, -0.05) is 45.6 Å². The number of hydrogen-bond donors (Lipinski definition) is 4. The molecule has 4 N–H and O–H groups in total. The number of alkyl carbamates (subject to hydrolysis) is 1. The van der Waals surface area contributed by atoms with Gasteiger partial charge in [-0.2, -0.15) is 0 Å². The molecule has 0 aliphatic carbocycles. The van der Waals surface area contributed by atoms with Crippen LogP contribution in [0, 0.1) is 6.92 Å². The Morgan fingerprint density at radius 2 is 1.73 bits per heavy atom. The van der Waals surface area contributed by atoms with Gasteiger partial charge >= 0.3 is 6.09 Å². The first-order valence-electron chi connectivity index (χ1n) is 13.3. The second-order valence-corrected chi connectivity index (χ2v) is 10.6. The fourth-order valence-electron chi connectivity index (χ4n) is 4.06. The molecule has 0 radical (unpaired) electrons. The Hall–Kier alpha value is -2.81. The van der Waals surface area contributed by atoms with Crippen LogP contribution in [0.2, 0.25) is 0 Å². The molecule has 3 amide bonds. The van der Waals surface area contributed by atoms with Crippen LogP contribution in [-0.2, 0) is 14.3 Å². The van der Waals surface area contributed by atoms with E-state index in [1.807, 2.05) is 13.8 Å². The van der Waals surface area contributed by atoms with Crippen LogP contribution in [0.15, 0.2) is 18.2 Å². The number of rotatable bonds is 14. The maximum Gasteiger partial charge on any atom is 0.408 e. The zero-order chi connectivity index (χ0) is 28.2. The van der Waals surface area contributed by atoms with E-state index in [1.54, 1.807) is 39.8 Å². The van der Waals surface area contributed by atoms with E-state index in [1.165, 1.54) is 11.0 Å². The number of nitrogens with one attached hydrogen (secondary N) is 2. The summed E-state index contributed by atoms with van der Waals surface area (Å²) in [7, 11) is 0. The number of carbonyl (C=O) groups is 3. The van der Waals surface area contributed by atoms with E-state index in [0.29, 0.717) is 17.5 Å². The molecule has 9 nitrogen and oxygen atoms in total. The van der Waals surface area contributed by atoms with E-state index in [2.05, 4.69) is 17.6 Å². The second kappa shape index (κ2) is 15.4. The van der Waals surface area contributed by atoms with E-state index in [0.717, 1.165) is 32.1 Å². The van der Waals surface area contributed by atoms with Crippen molar-refractivity contribution >= 4 is 17.9 Å². The van der Waals surface area contributed by atoms with Crippen molar-refractivity contribution in [2.45, 2.75) is 111 Å². The Balaban J connectivity index is 3.44. The number of aliphatic hydroxyl groups excluding tert-OH is 1. The number of aromatic hydroxyl groups is 1. The van der Waals surface area contributed by atoms with Gasteiger partial charge in [0.2, 0.25) is 11.8 Å². The summed E-state index contributed by atoms with van der Waals surface area (Å²) >= 11 is 0. The number of amides is 3. The summed E-state index contributed by atoms with van der Waals surface area (Å²) in [6.45, 7) is 12.5. The number of carbonyl (C=O) groups excluding carboxylic acids is 3. The third-order valence-corrected chi connectivity index (χ3v) is 5.91. The molecule has 37 heavy (non-hydrogen) atoms. The molecule has 3 atom stereocenters. The molecule has 9 heteroatoms. The van der Waals surface area contributed by atoms with Gasteiger partial charge in [-0.05, 0) is 70.7 Å². The number of hydrogen-bond acceptors (Lipinski definition) is 6. The minimum Gasteiger partial charge on any atom is -0.508 e. The lowest BCUT2D eigenvalue weighted by molar-refractivity contribution is -0.143. The third-order valence-electron chi connectivity index (χ3n) is 5.91. The van der Waals surface area contributed by atoms with Gasteiger partial charge in [0.25, 0.3) is 0 Å². The number of aryl methyl sites for hydroxylation is 1. The van der Waals surface area contributed by atoms with E-state index < -0.39 is 36.3 Å². The second-order valence-electron chi connectivity index (χ2n) is 10.6. The molecular weight excluding hydrogens is 474 g/mol. The predicted octanol–water partition coefficient (Wildman–Crippen LogP) is 4.34. The molecule has 1 rings (SSSR count). The number of benzene rings is 1. The zero-order valence-corrected chi connectivity index (χ0v) is 23.6. The van der Waals surface area contributed by atoms with Crippen molar-refractivity contribution in [1.82, 2.24) is 15.5 Å². The number of aliphatic hydroxyl groups is 1. The average Bonchev–Trinajstić information content (AvgIpc) is 2.80. The number of phenolic OH excluding ortho intramolecular Hbond substituents is 1. The van der Waals surface area contributed by atoms with Crippen molar-refractivity contribution < 1.29 is 29.3 Å². The number of nitrogens with zero attached hydrogens (tertiary/aromatic N) is 1. The SMILES string of the molecule is CCCCCCN(C(=O)C(CO)NC(=O)OC(C)(C)C)C(C(=O)NC(C)CCC)c1ccc(O)c(C)c1. The maximum atomic E-state index is 13.8. The Morgan fingerprint density at radius 3 is 2.27 bits per heavy atom. The van der Waals surface area contributed by atoms with Crippen LogP contribution < -0.4 is 10.6 Å². The summed E-state index contributed by atoms with van der Waals surface area (Å²) in [6.07, 6.45) is 4.32. The first-order valence-corrected chi connectivity index (χ1v) is 13.3. The number of ether oxygens (including phenoxy) is 1. The summed E-state index contributed by atoms with van der Waals surface area (Å²) in [4.78, 5) is 41.3. The largest absolute Gasteiger partial charge is 0.508 e. The molecule has 0 aliphatic heterocycles. The highest BCUT2D eigenvalue weighted by molar-refractivity contribution is 5.92. The third kappa shape index (κ3) is 11.0. The maximum absolute atomic E-state index is 13.8. The summed E-state index contributed by atoms with van der Waals surface area (Å²) in [5.74, 6) is -0.856. The van der Waals surface area contributed by atoms with Gasteiger partial charge in [-0.25, -0.2) is 4.79 Å². The van der Waals surface area contributed by atoms with Gasteiger partial charge in [0, 0.05) is 12.6 Å². The Morgan fingerprint density at radius 1 is 1.05 bits per heavy atom. The summed E-state index contributed by atoms with van der Waals surface area (Å²) in [5, 5.41) is 25.6. The van der Waals surface area contributed by atoms with E-state index >= 15 is 0 Å². The monoisotopic (exact) mass is 521 g/mol. The van der Waals surface area contributed by atoms with Crippen LogP contribution in [0.25, 0.3) is 0 Å². The summed E-state index contributed by atoms with van der Waals surface area (Å²) in [5.41, 5.74) is 0.323. The average molecular weight is 522 g/mol. The molecule has 0 spiro atoms. The van der Waals surface area contributed by atoms with Crippen molar-refractivity contribution in [3.8, 4) is 5.75 Å². The van der Waals surface area contributed by atoms with Gasteiger partial charge in [0.15, 0.2) is 0 Å². The van der Waals surface area contributed by atoms with Crippen molar-refractivity contribution in [3.63, 3.8) is 0 Å². The highest BCUT2D eigenvalue weighted by atomic mass is 16.6. The lowest BCUT2D eigenvalue weighted by Crippen LogP contribution is -2.55. The van der Waals surface area contributed by atoms with Crippen LogP contribution in [0.5, 0.6) is 5.75 Å². The van der Waals surface area contributed by atoms with Crippen LogP contribution >= 0.6 is 0 Å². The highest BCUT2D eigenvalue weighted by Crippen LogP contribution is 2.28. The van der Waals surface area contributed by atoms with Gasteiger partial charge in [-0.3, -0.25) is 9.59 Å². The topological polar surface area (TPSA) is 128 Å². The van der Waals surface area contributed by atoms with Gasteiger partial charge in [-0.15, -0.1) is 0 Å². The molecule has 210 valence electrons. The molecule has 1 aromatic carbocycles. The standard InChI is InChI=1S/C28H47N3O6/c1-8-10-11-12-16-31(26(35)22(18-32)30-27(36)37-28(5,6)7)24(25(34)29-20(4)13-9-2)21-14-15-23(33)19(3)17-21/h14-15,17,20,22,24,32-33H,8-13,16,18H2,1-7H3,(H,29,34)(H,30,36). The fourth-order valence-corrected chi connectivity index (χ4v) is 4.06. The van der Waals surface area contributed by atoms with E-state index in [9.17, 15) is 24.6 Å². The van der Waals surface area contributed by atoms with Crippen molar-refractivity contribution in [2.24, 2.45) is 0 Å². The van der Waals surface area contributed by atoms with E-state index in [-0.39, 0.29) is 24.2 Å². The fraction of sp³-hybridized carbons (Fsp3) is 0.679. The normalized spacial score (nSPS) is 13.8. The molecule has 1 aromatic rings. The molecule has 0 fully saturated rings. The Labute approximate surface area is 222 Å². The molecule has 0 bridgehead atoms. The minimum absolute atomic E-state index is 0.0860. The van der Waals surface area contributed by atoms with Gasteiger partial charge in [0.1, 0.15) is 23.4 Å². The Bertz CT molecular complexity index is 883. The van der Waals surface area contributed by atoms with Crippen LogP contribution in [0.4, 0.5) is 4.79 Å². The van der Waals surface area contributed by atoms with Gasteiger partial charge < -0.3 is 30.5 Å². The molecule has 0 heterocycles. The lowest BCUT2D eigenvalue weighted by Gasteiger charge is -2.35. The first kappa shape index (κ1) is 32.2. The van der Waals surface area contributed by atoms with Crippen molar-refractivity contribution in [2.75, 3.05) is 13.2 Å². The van der Waals surface area contributed by atoms with E-state index in [4.69, 9.17) is 4.74 Å². The van der Waals surface area contributed by atoms with Crippen molar-refractivity contribution in [3.05, 3.63) is 29.3 Å². The molecule has 0 aliphatic rings.